The van der Waals surface area contributed by atoms with E-state index in [1.54, 1.807) is 0 Å². The molecule has 3 rings (SSSR count). The molecular weight excluding hydrogens is 180 g/mol. The quantitative estimate of drug-likeness (QED) is 0.638. The summed E-state index contributed by atoms with van der Waals surface area (Å²) in [6, 6.07) is 13.2. The topological polar surface area (TPSA) is 0 Å². The van der Waals surface area contributed by atoms with Crippen LogP contribution in [0.5, 0.6) is 0 Å². The van der Waals surface area contributed by atoms with Crippen molar-refractivity contribution in [3.05, 3.63) is 53.6 Å². The lowest BCUT2D eigenvalue weighted by molar-refractivity contribution is 1.18. The van der Waals surface area contributed by atoms with Gasteiger partial charge < -0.3 is 0 Å². The van der Waals surface area contributed by atoms with Gasteiger partial charge in [-0.05, 0) is 40.3 Å². The summed E-state index contributed by atoms with van der Waals surface area (Å²) in [4.78, 5) is 0. The van der Waals surface area contributed by atoms with Gasteiger partial charge in [-0.3, -0.25) is 0 Å². The molecule has 0 N–H and O–H groups in total. The normalized spacial score (nSPS) is 14.1. The number of hydrogen-bond acceptors (Lipinski definition) is 0. The van der Waals surface area contributed by atoms with E-state index in [1.807, 2.05) is 0 Å². The molecule has 0 nitrogen and oxygen atoms in total. The lowest BCUT2D eigenvalue weighted by Crippen LogP contribution is -1.97. The molecule has 0 atom stereocenters. The Kier molecular flexibility index (Phi) is 1.88. The molecule has 0 bridgehead atoms. The Bertz CT molecular complexity index is 542. The number of benzene rings is 2. The third-order valence-corrected chi connectivity index (χ3v) is 3.29. The fraction of sp³-hybridized carbons (Fsp3) is 0.200. The first-order chi connectivity index (χ1) is 7.40. The van der Waals surface area contributed by atoms with Gasteiger partial charge in [0, 0.05) is 0 Å². The minimum Gasteiger partial charge on any atom is -0.0763 e. The van der Waals surface area contributed by atoms with Crippen LogP contribution in [0.1, 0.15) is 24.5 Å². The second kappa shape index (κ2) is 3.23. The Morgan fingerprint density at radius 2 is 1.87 bits per heavy atom. The predicted octanol–water partition coefficient (Wildman–Crippen LogP) is 4.19. The summed E-state index contributed by atoms with van der Waals surface area (Å²) >= 11 is 0. The highest BCUT2D eigenvalue weighted by Crippen LogP contribution is 2.33. The molecule has 0 radical (unpaired) electrons. The predicted molar refractivity (Wildman–Crippen MR) is 65.9 cm³/mol. The van der Waals surface area contributed by atoms with Crippen molar-refractivity contribution in [1.82, 2.24) is 0 Å². The summed E-state index contributed by atoms with van der Waals surface area (Å²) in [5.74, 6) is 0. The van der Waals surface area contributed by atoms with Gasteiger partial charge >= 0.3 is 0 Å². The summed E-state index contributed by atoms with van der Waals surface area (Å²) < 4.78 is 0. The monoisotopic (exact) mass is 194 g/mol. The zero-order valence-electron chi connectivity index (χ0n) is 8.96. The molecule has 0 aliphatic heterocycles. The largest absolute Gasteiger partial charge is 0.0763 e. The van der Waals surface area contributed by atoms with Crippen LogP contribution < -0.4 is 0 Å². The van der Waals surface area contributed by atoms with Crippen LogP contribution >= 0.6 is 0 Å². The van der Waals surface area contributed by atoms with E-state index in [0.29, 0.717) is 0 Å². The lowest BCUT2D eigenvalue weighted by atomic mass is 9.87. The van der Waals surface area contributed by atoms with Crippen LogP contribution in [0.3, 0.4) is 0 Å². The molecule has 0 heteroatoms. The van der Waals surface area contributed by atoms with Crippen molar-refractivity contribution in [1.29, 1.82) is 0 Å². The summed E-state index contributed by atoms with van der Waals surface area (Å²) in [5, 5.41) is 2.85. The summed E-state index contributed by atoms with van der Waals surface area (Å²) in [6.07, 6.45) is 4.60. The zero-order chi connectivity index (χ0) is 10.3. The maximum atomic E-state index is 2.37. The van der Waals surface area contributed by atoms with E-state index in [9.17, 15) is 0 Å². The molecule has 0 spiro atoms. The molecule has 0 aromatic heterocycles. The van der Waals surface area contributed by atoms with Crippen LogP contribution in [0, 0.1) is 0 Å². The Hall–Kier alpha value is -1.56. The Morgan fingerprint density at radius 3 is 2.67 bits per heavy atom. The average molecular weight is 194 g/mol. The average Bonchev–Trinajstić information content (AvgIpc) is 2.30. The van der Waals surface area contributed by atoms with Gasteiger partial charge in [-0.15, -0.1) is 0 Å². The molecule has 2 aromatic rings. The summed E-state index contributed by atoms with van der Waals surface area (Å²) in [7, 11) is 0. The first-order valence-electron chi connectivity index (χ1n) is 5.60. The molecule has 0 fully saturated rings. The van der Waals surface area contributed by atoms with Crippen LogP contribution in [0.25, 0.3) is 16.3 Å². The first kappa shape index (κ1) is 8.72. The van der Waals surface area contributed by atoms with Gasteiger partial charge in [0.15, 0.2) is 0 Å². The maximum absolute atomic E-state index is 2.37. The molecule has 0 unspecified atom stereocenters. The Labute approximate surface area is 90.2 Å². The molecular formula is C15H14. The van der Waals surface area contributed by atoms with Crippen LogP contribution in [0.2, 0.25) is 0 Å². The van der Waals surface area contributed by atoms with E-state index in [4.69, 9.17) is 0 Å². The van der Waals surface area contributed by atoms with Crippen LogP contribution in [-0.4, -0.2) is 0 Å². The highest BCUT2D eigenvalue weighted by molar-refractivity contribution is 5.98. The number of allylic oxidation sites excluding steroid dienone is 2. The van der Waals surface area contributed by atoms with Gasteiger partial charge in [0.2, 0.25) is 0 Å². The standard InChI is InChI=1S/C15H14/c1-2-11-9-10-13-6-3-5-12-7-4-8-14(11)15(12)13/h3-9H,2,10H2,1H3. The maximum Gasteiger partial charge on any atom is -0.00735 e. The van der Waals surface area contributed by atoms with Gasteiger partial charge in [0.25, 0.3) is 0 Å². The molecule has 1 aliphatic rings. The summed E-state index contributed by atoms with van der Waals surface area (Å²) in [6.45, 7) is 2.23. The second-order valence-electron chi connectivity index (χ2n) is 4.11. The van der Waals surface area contributed by atoms with E-state index in [1.165, 1.54) is 27.5 Å². The Balaban J connectivity index is 2.42. The molecule has 0 saturated carbocycles. The fourth-order valence-electron chi connectivity index (χ4n) is 2.53. The van der Waals surface area contributed by atoms with Crippen molar-refractivity contribution in [2.24, 2.45) is 0 Å². The number of rotatable bonds is 1. The fourth-order valence-corrected chi connectivity index (χ4v) is 2.53. The third-order valence-electron chi connectivity index (χ3n) is 3.29. The van der Waals surface area contributed by atoms with Gasteiger partial charge in [0.1, 0.15) is 0 Å². The third kappa shape index (κ3) is 1.21. The number of hydrogen-bond donors (Lipinski definition) is 0. The van der Waals surface area contributed by atoms with Gasteiger partial charge in [-0.1, -0.05) is 49.4 Å². The van der Waals surface area contributed by atoms with Crippen LogP contribution in [0.4, 0.5) is 0 Å². The van der Waals surface area contributed by atoms with Gasteiger partial charge in [0.05, 0.1) is 0 Å². The van der Waals surface area contributed by atoms with Crippen molar-refractivity contribution in [2.45, 2.75) is 19.8 Å². The molecule has 15 heavy (non-hydrogen) atoms. The van der Waals surface area contributed by atoms with Crippen molar-refractivity contribution in [3.8, 4) is 0 Å². The molecule has 0 saturated heterocycles. The van der Waals surface area contributed by atoms with Gasteiger partial charge in [-0.25, -0.2) is 0 Å². The molecule has 2 aromatic carbocycles. The van der Waals surface area contributed by atoms with E-state index < -0.39 is 0 Å². The lowest BCUT2D eigenvalue weighted by Gasteiger charge is -2.17. The minimum atomic E-state index is 1.09. The highest BCUT2D eigenvalue weighted by Gasteiger charge is 2.12. The van der Waals surface area contributed by atoms with Crippen LogP contribution in [-0.2, 0) is 6.42 Å². The zero-order valence-corrected chi connectivity index (χ0v) is 8.96. The molecule has 1 aliphatic carbocycles. The van der Waals surface area contributed by atoms with Crippen molar-refractivity contribution >= 4 is 16.3 Å². The smallest absolute Gasteiger partial charge is 0.00735 e. The second-order valence-corrected chi connectivity index (χ2v) is 4.11. The van der Waals surface area contributed by atoms with E-state index in [2.05, 4.69) is 49.4 Å². The van der Waals surface area contributed by atoms with E-state index >= 15 is 0 Å². The molecule has 74 valence electrons. The Morgan fingerprint density at radius 1 is 1.07 bits per heavy atom. The van der Waals surface area contributed by atoms with E-state index in [-0.39, 0.29) is 0 Å². The first-order valence-corrected chi connectivity index (χ1v) is 5.60. The van der Waals surface area contributed by atoms with E-state index in [0.717, 1.165) is 12.8 Å². The highest BCUT2D eigenvalue weighted by atomic mass is 14.2. The SMILES string of the molecule is CCC1=CCc2cccc3cccc1c23. The van der Waals surface area contributed by atoms with Crippen molar-refractivity contribution in [2.75, 3.05) is 0 Å². The summed E-state index contributed by atoms with van der Waals surface area (Å²) in [5.41, 5.74) is 4.41. The minimum absolute atomic E-state index is 1.09. The van der Waals surface area contributed by atoms with Crippen LogP contribution in [0.15, 0.2) is 42.5 Å². The van der Waals surface area contributed by atoms with Crippen molar-refractivity contribution in [3.63, 3.8) is 0 Å². The van der Waals surface area contributed by atoms with Crippen molar-refractivity contribution < 1.29 is 0 Å². The van der Waals surface area contributed by atoms with Gasteiger partial charge in [-0.2, -0.15) is 0 Å². The molecule has 0 heterocycles. The molecule has 0 amide bonds.